The van der Waals surface area contributed by atoms with Crippen LogP contribution in [0.25, 0.3) is 0 Å². The van der Waals surface area contributed by atoms with Crippen LogP contribution in [0.15, 0.2) is 103 Å². The molecule has 0 spiro atoms. The molecule has 1 heterocycles. The molecule has 7 nitrogen and oxygen atoms in total. The number of esters is 1. The molecular weight excluding hydrogens is 468 g/mol. The molecule has 0 fully saturated rings. The normalized spacial score (nSPS) is 11.3. The second-order valence-corrected chi connectivity index (χ2v) is 8.30. The summed E-state index contributed by atoms with van der Waals surface area (Å²) in [4.78, 5) is 29.2. The summed E-state index contributed by atoms with van der Waals surface area (Å²) in [6, 6.07) is 29.3. The molecule has 7 heteroatoms. The van der Waals surface area contributed by atoms with Crippen LogP contribution in [0, 0.1) is 0 Å². The Morgan fingerprint density at radius 2 is 1.38 bits per heavy atom. The van der Waals surface area contributed by atoms with E-state index in [1.54, 1.807) is 18.2 Å². The maximum Gasteiger partial charge on any atom is 0.328 e. The lowest BCUT2D eigenvalue weighted by molar-refractivity contribution is -0.142. The van der Waals surface area contributed by atoms with Crippen molar-refractivity contribution < 1.29 is 23.8 Å². The Balaban J connectivity index is 1.53. The van der Waals surface area contributed by atoms with Crippen molar-refractivity contribution in [2.24, 2.45) is 0 Å². The third-order valence-corrected chi connectivity index (χ3v) is 5.61. The van der Waals surface area contributed by atoms with Crippen molar-refractivity contribution in [3.63, 3.8) is 0 Å². The first-order valence-electron chi connectivity index (χ1n) is 11.9. The zero-order chi connectivity index (χ0) is 25.9. The van der Waals surface area contributed by atoms with Gasteiger partial charge >= 0.3 is 5.97 Å². The first-order valence-corrected chi connectivity index (χ1v) is 11.9. The molecule has 1 atom stereocenters. The Morgan fingerprint density at radius 3 is 1.97 bits per heavy atom. The Hall–Kier alpha value is -4.65. The van der Waals surface area contributed by atoms with Crippen molar-refractivity contribution in [3.8, 4) is 11.5 Å². The van der Waals surface area contributed by atoms with Gasteiger partial charge < -0.3 is 19.5 Å². The maximum atomic E-state index is 12.6. The van der Waals surface area contributed by atoms with E-state index < -0.39 is 17.9 Å². The van der Waals surface area contributed by atoms with Crippen molar-refractivity contribution in [2.45, 2.75) is 25.7 Å². The predicted octanol–water partition coefficient (Wildman–Crippen LogP) is 4.75. The Bertz CT molecular complexity index is 1300. The quantitative estimate of drug-likeness (QED) is 0.302. The Kier molecular flexibility index (Phi) is 8.86. The number of methoxy groups -OCH3 is 1. The lowest BCUT2D eigenvalue weighted by atomic mass is 10.0. The van der Waals surface area contributed by atoms with Crippen LogP contribution in [-0.2, 0) is 29.2 Å². The number of amides is 1. The third kappa shape index (κ3) is 7.41. The highest BCUT2D eigenvalue weighted by atomic mass is 16.5. The van der Waals surface area contributed by atoms with Crippen LogP contribution in [0.1, 0.15) is 27.2 Å². The summed E-state index contributed by atoms with van der Waals surface area (Å²) in [6.07, 6.45) is 1.72. The molecule has 1 amide bonds. The van der Waals surface area contributed by atoms with E-state index in [-0.39, 0.29) is 12.1 Å². The molecule has 4 aromatic rings. The van der Waals surface area contributed by atoms with Crippen LogP contribution in [0.3, 0.4) is 0 Å². The summed E-state index contributed by atoms with van der Waals surface area (Å²) >= 11 is 0. The number of carbonyl (C=O) groups is 2. The number of hydrogen-bond donors (Lipinski definition) is 1. The highest BCUT2D eigenvalue weighted by molar-refractivity contribution is 5.95. The molecule has 0 bridgehead atoms. The van der Waals surface area contributed by atoms with Gasteiger partial charge in [0.1, 0.15) is 24.9 Å². The first-order chi connectivity index (χ1) is 18.1. The molecule has 3 aromatic carbocycles. The van der Waals surface area contributed by atoms with E-state index in [0.717, 1.165) is 16.7 Å². The van der Waals surface area contributed by atoms with Gasteiger partial charge in [0.15, 0.2) is 11.5 Å². The number of pyridine rings is 1. The van der Waals surface area contributed by atoms with Crippen LogP contribution in [-0.4, -0.2) is 30.0 Å². The van der Waals surface area contributed by atoms with Gasteiger partial charge in [0.2, 0.25) is 0 Å². The number of aromatic nitrogens is 1. The molecule has 0 aliphatic carbocycles. The van der Waals surface area contributed by atoms with Crippen LogP contribution in [0.5, 0.6) is 11.5 Å². The minimum Gasteiger partial charge on any atom is -0.485 e. The van der Waals surface area contributed by atoms with Crippen LogP contribution < -0.4 is 14.8 Å². The van der Waals surface area contributed by atoms with Crippen molar-refractivity contribution >= 4 is 11.9 Å². The number of ether oxygens (including phenoxy) is 3. The van der Waals surface area contributed by atoms with Crippen molar-refractivity contribution in [1.82, 2.24) is 10.3 Å². The summed E-state index contributed by atoms with van der Waals surface area (Å²) < 4.78 is 17.1. The predicted molar refractivity (Wildman–Crippen MR) is 139 cm³/mol. The fourth-order valence-electron chi connectivity index (χ4n) is 3.68. The lowest BCUT2D eigenvalue weighted by Crippen LogP contribution is -2.43. The van der Waals surface area contributed by atoms with Gasteiger partial charge in [-0.2, -0.15) is 0 Å². The average molecular weight is 497 g/mol. The molecular formula is C30H28N2O5. The van der Waals surface area contributed by atoms with Crippen LogP contribution in [0.2, 0.25) is 0 Å². The summed E-state index contributed by atoms with van der Waals surface area (Å²) in [5.74, 6) is 0.104. The van der Waals surface area contributed by atoms with E-state index in [4.69, 9.17) is 14.2 Å². The number of carbonyl (C=O) groups excluding carboxylic acids is 2. The van der Waals surface area contributed by atoms with Gasteiger partial charge in [-0.15, -0.1) is 0 Å². The zero-order valence-electron chi connectivity index (χ0n) is 20.5. The molecule has 188 valence electrons. The molecule has 0 saturated heterocycles. The number of hydrogen-bond acceptors (Lipinski definition) is 6. The second-order valence-electron chi connectivity index (χ2n) is 8.30. The Labute approximate surface area is 216 Å². The average Bonchev–Trinajstić information content (AvgIpc) is 2.96. The number of benzene rings is 3. The van der Waals surface area contributed by atoms with Crippen molar-refractivity contribution in [2.75, 3.05) is 7.11 Å². The zero-order valence-corrected chi connectivity index (χ0v) is 20.5. The molecule has 4 rings (SSSR count). The van der Waals surface area contributed by atoms with Crippen LogP contribution >= 0.6 is 0 Å². The first kappa shape index (κ1) is 25.4. The van der Waals surface area contributed by atoms with Gasteiger partial charge in [-0.05, 0) is 41.0 Å². The molecule has 0 aliphatic rings. The van der Waals surface area contributed by atoms with Gasteiger partial charge in [0.25, 0.3) is 5.91 Å². The van der Waals surface area contributed by atoms with Crippen molar-refractivity contribution in [3.05, 3.63) is 126 Å². The van der Waals surface area contributed by atoms with Gasteiger partial charge in [0, 0.05) is 12.6 Å². The van der Waals surface area contributed by atoms with Gasteiger partial charge in [-0.3, -0.25) is 9.78 Å². The standard InChI is InChI=1S/C30H28N2O5/c1-35-30(34)26(32-29(33)25-14-8-9-17-31-25)18-24-15-16-27(36-20-22-10-4-2-5-11-22)28(19-24)37-21-23-12-6-3-7-13-23/h2-17,19,26H,18,20-21H2,1H3,(H,32,33)/t26-/m0/s1. The van der Waals surface area contributed by atoms with E-state index in [2.05, 4.69) is 10.3 Å². The molecule has 0 aliphatic heterocycles. The smallest absolute Gasteiger partial charge is 0.328 e. The Morgan fingerprint density at radius 1 is 0.757 bits per heavy atom. The second kappa shape index (κ2) is 12.9. The lowest BCUT2D eigenvalue weighted by Gasteiger charge is -2.18. The summed E-state index contributed by atoms with van der Waals surface area (Å²) in [5, 5.41) is 2.72. The summed E-state index contributed by atoms with van der Waals surface area (Å²) in [7, 11) is 1.29. The SMILES string of the molecule is COC(=O)[C@H](Cc1ccc(OCc2ccccc2)c(OCc2ccccc2)c1)NC(=O)c1ccccn1. The van der Waals surface area contributed by atoms with Crippen LogP contribution in [0.4, 0.5) is 0 Å². The molecule has 1 N–H and O–H groups in total. The molecule has 0 radical (unpaired) electrons. The minimum atomic E-state index is -0.905. The van der Waals surface area contributed by atoms with Gasteiger partial charge in [0.05, 0.1) is 7.11 Å². The van der Waals surface area contributed by atoms with E-state index in [9.17, 15) is 9.59 Å². The van der Waals surface area contributed by atoms with E-state index in [1.807, 2.05) is 78.9 Å². The number of rotatable bonds is 11. The number of nitrogens with zero attached hydrogens (tertiary/aromatic N) is 1. The number of nitrogens with one attached hydrogen (secondary N) is 1. The fourth-order valence-corrected chi connectivity index (χ4v) is 3.68. The van der Waals surface area contributed by atoms with Gasteiger partial charge in [-0.1, -0.05) is 72.8 Å². The monoisotopic (exact) mass is 496 g/mol. The molecule has 0 saturated carbocycles. The van der Waals surface area contributed by atoms with E-state index in [1.165, 1.54) is 13.3 Å². The minimum absolute atomic E-state index is 0.200. The molecule has 0 unspecified atom stereocenters. The summed E-state index contributed by atoms with van der Waals surface area (Å²) in [6.45, 7) is 0.732. The summed E-state index contributed by atoms with van der Waals surface area (Å²) in [5.41, 5.74) is 3.03. The van der Waals surface area contributed by atoms with Crippen molar-refractivity contribution in [1.29, 1.82) is 0 Å². The largest absolute Gasteiger partial charge is 0.485 e. The van der Waals surface area contributed by atoms with E-state index in [0.29, 0.717) is 24.7 Å². The van der Waals surface area contributed by atoms with E-state index >= 15 is 0 Å². The maximum absolute atomic E-state index is 12.6. The molecule has 1 aromatic heterocycles. The fraction of sp³-hybridized carbons (Fsp3) is 0.167. The van der Waals surface area contributed by atoms with Gasteiger partial charge in [-0.25, -0.2) is 4.79 Å². The topological polar surface area (TPSA) is 86.8 Å². The molecule has 37 heavy (non-hydrogen) atoms. The highest BCUT2D eigenvalue weighted by Crippen LogP contribution is 2.30. The third-order valence-electron chi connectivity index (χ3n) is 5.61. The highest BCUT2D eigenvalue weighted by Gasteiger charge is 2.24.